The van der Waals surface area contributed by atoms with Gasteiger partial charge in [0.2, 0.25) is 0 Å². The van der Waals surface area contributed by atoms with Crippen LogP contribution in [-0.2, 0) is 6.54 Å². The third-order valence-electron chi connectivity index (χ3n) is 3.96. The highest BCUT2D eigenvalue weighted by Gasteiger charge is 1.94. The van der Waals surface area contributed by atoms with Crippen LogP contribution in [0.4, 0.5) is 0 Å². The molecule has 0 unspecified atom stereocenters. The van der Waals surface area contributed by atoms with E-state index in [0.717, 1.165) is 23.5 Å². The molecule has 2 nitrogen and oxygen atoms in total. The molecule has 0 aliphatic rings. The molecule has 0 radical (unpaired) electrons. The zero-order valence-electron chi connectivity index (χ0n) is 14.5. The molecule has 0 amide bonds. The standard InChI is InChI=1S/C20H27ClN2.ClH/c1-2-3-4-5-6-7-14-22-20-12-15-23(16-13-20)17-18-8-10-19(21)11-9-18;/h8-13,15-16H,2-7,14,17H2,1H3;1H. The fourth-order valence-corrected chi connectivity index (χ4v) is 2.69. The fraction of sp³-hybridized carbons (Fsp3) is 0.450. The summed E-state index contributed by atoms with van der Waals surface area (Å²) in [6.07, 6.45) is 12.1. The zero-order chi connectivity index (χ0) is 16.3. The molecule has 2 aromatic rings. The van der Waals surface area contributed by atoms with Crippen LogP contribution in [0.3, 0.4) is 0 Å². The van der Waals surface area contributed by atoms with Gasteiger partial charge in [-0.25, -0.2) is 0 Å². The van der Waals surface area contributed by atoms with Crippen molar-refractivity contribution >= 4 is 24.0 Å². The van der Waals surface area contributed by atoms with Gasteiger partial charge in [-0.2, -0.15) is 0 Å². The smallest absolute Gasteiger partial charge is 0.0603 e. The van der Waals surface area contributed by atoms with Crippen molar-refractivity contribution in [3.8, 4) is 0 Å². The van der Waals surface area contributed by atoms with Crippen LogP contribution in [-0.4, -0.2) is 11.1 Å². The average Bonchev–Trinajstić information content (AvgIpc) is 2.58. The fourth-order valence-electron chi connectivity index (χ4n) is 2.56. The number of benzene rings is 1. The van der Waals surface area contributed by atoms with Gasteiger partial charge in [-0.1, -0.05) is 62.8 Å². The van der Waals surface area contributed by atoms with E-state index in [1.807, 2.05) is 12.1 Å². The Morgan fingerprint density at radius 3 is 2.17 bits per heavy atom. The Morgan fingerprint density at radius 2 is 1.50 bits per heavy atom. The Kier molecular flexibility index (Phi) is 10.5. The molecule has 4 heteroatoms. The van der Waals surface area contributed by atoms with Crippen molar-refractivity contribution < 1.29 is 0 Å². The van der Waals surface area contributed by atoms with Crippen molar-refractivity contribution in [2.24, 2.45) is 4.99 Å². The first-order chi connectivity index (χ1) is 11.3. The number of aromatic nitrogens is 1. The van der Waals surface area contributed by atoms with E-state index in [1.54, 1.807) is 0 Å². The lowest BCUT2D eigenvalue weighted by Crippen LogP contribution is -2.07. The molecule has 0 N–H and O–H groups in total. The number of rotatable bonds is 9. The minimum atomic E-state index is 0. The lowest BCUT2D eigenvalue weighted by molar-refractivity contribution is 0.610. The van der Waals surface area contributed by atoms with Gasteiger partial charge >= 0.3 is 0 Å². The van der Waals surface area contributed by atoms with E-state index in [0.29, 0.717) is 0 Å². The second kappa shape index (κ2) is 12.2. The first-order valence-corrected chi connectivity index (χ1v) is 9.07. The maximum Gasteiger partial charge on any atom is 0.0603 e. The van der Waals surface area contributed by atoms with Crippen molar-refractivity contribution in [3.63, 3.8) is 0 Å². The minimum absolute atomic E-state index is 0. The second-order valence-electron chi connectivity index (χ2n) is 6.00. The molecule has 0 saturated heterocycles. The highest BCUT2D eigenvalue weighted by molar-refractivity contribution is 6.30. The molecular weight excluding hydrogens is 339 g/mol. The molecule has 0 aliphatic heterocycles. The molecule has 0 saturated carbocycles. The van der Waals surface area contributed by atoms with Crippen LogP contribution in [0, 0.1) is 0 Å². The van der Waals surface area contributed by atoms with Gasteiger partial charge in [0.1, 0.15) is 0 Å². The largest absolute Gasteiger partial charge is 0.350 e. The number of hydrogen-bond donors (Lipinski definition) is 0. The molecule has 0 atom stereocenters. The van der Waals surface area contributed by atoms with Crippen molar-refractivity contribution in [1.82, 2.24) is 4.57 Å². The molecule has 132 valence electrons. The van der Waals surface area contributed by atoms with Crippen molar-refractivity contribution in [3.05, 3.63) is 64.7 Å². The summed E-state index contributed by atoms with van der Waals surface area (Å²) in [5.41, 5.74) is 1.25. The molecule has 0 aliphatic carbocycles. The number of hydrogen-bond acceptors (Lipinski definition) is 1. The van der Waals surface area contributed by atoms with Gasteiger partial charge in [-0.05, 0) is 36.2 Å². The molecule has 2 rings (SSSR count). The van der Waals surface area contributed by atoms with E-state index in [9.17, 15) is 0 Å². The van der Waals surface area contributed by atoms with Crippen LogP contribution in [0.5, 0.6) is 0 Å². The van der Waals surface area contributed by atoms with Crippen LogP contribution < -0.4 is 5.36 Å². The Hall–Kier alpha value is -1.25. The molecule has 24 heavy (non-hydrogen) atoms. The van der Waals surface area contributed by atoms with Crippen molar-refractivity contribution in [2.45, 2.75) is 52.0 Å². The number of nitrogens with zero attached hydrogens (tertiary/aromatic N) is 2. The second-order valence-corrected chi connectivity index (χ2v) is 6.44. The summed E-state index contributed by atoms with van der Waals surface area (Å²) in [5.74, 6) is 0. The normalized spacial score (nSPS) is 10.2. The molecule has 1 aromatic heterocycles. The molecule has 1 heterocycles. The van der Waals surface area contributed by atoms with E-state index >= 15 is 0 Å². The summed E-state index contributed by atoms with van der Waals surface area (Å²) >= 11 is 5.91. The first-order valence-electron chi connectivity index (χ1n) is 8.69. The summed E-state index contributed by atoms with van der Waals surface area (Å²) in [5, 5.41) is 1.86. The summed E-state index contributed by atoms with van der Waals surface area (Å²) in [6, 6.07) is 12.2. The number of pyridine rings is 1. The Balaban J connectivity index is 0.00000288. The lowest BCUT2D eigenvalue weighted by Gasteiger charge is -2.06. The van der Waals surface area contributed by atoms with Gasteiger partial charge in [0.15, 0.2) is 0 Å². The third kappa shape index (κ3) is 8.03. The molecule has 0 bridgehead atoms. The van der Waals surface area contributed by atoms with Crippen LogP contribution in [0.2, 0.25) is 5.02 Å². The highest BCUT2D eigenvalue weighted by Crippen LogP contribution is 2.10. The Labute approximate surface area is 157 Å². The van der Waals surface area contributed by atoms with Crippen LogP contribution in [0.15, 0.2) is 53.8 Å². The first kappa shape index (κ1) is 20.8. The van der Waals surface area contributed by atoms with E-state index in [4.69, 9.17) is 11.6 Å². The Morgan fingerprint density at radius 1 is 0.875 bits per heavy atom. The Bertz CT molecular complexity index is 612. The van der Waals surface area contributed by atoms with Crippen LogP contribution in [0.1, 0.15) is 51.0 Å². The number of unbranched alkanes of at least 4 members (excludes halogenated alkanes) is 5. The van der Waals surface area contributed by atoms with Gasteiger partial charge in [-0.3, -0.25) is 4.99 Å². The highest BCUT2D eigenvalue weighted by atomic mass is 35.5. The summed E-state index contributed by atoms with van der Waals surface area (Å²) in [7, 11) is 0. The maximum atomic E-state index is 5.91. The van der Waals surface area contributed by atoms with E-state index in [1.165, 1.54) is 44.1 Å². The summed E-state index contributed by atoms with van der Waals surface area (Å²) < 4.78 is 2.16. The van der Waals surface area contributed by atoms with Gasteiger partial charge in [0, 0.05) is 30.5 Å². The third-order valence-corrected chi connectivity index (χ3v) is 4.21. The van der Waals surface area contributed by atoms with Crippen molar-refractivity contribution in [2.75, 3.05) is 6.54 Å². The summed E-state index contributed by atoms with van der Waals surface area (Å²) in [4.78, 5) is 4.65. The molecule has 1 aromatic carbocycles. The van der Waals surface area contributed by atoms with E-state index in [-0.39, 0.29) is 12.4 Å². The minimum Gasteiger partial charge on any atom is -0.350 e. The lowest BCUT2D eigenvalue weighted by atomic mass is 10.1. The topological polar surface area (TPSA) is 17.3 Å². The molecule has 0 fully saturated rings. The van der Waals surface area contributed by atoms with Gasteiger partial charge < -0.3 is 4.57 Å². The average molecular weight is 367 g/mol. The van der Waals surface area contributed by atoms with E-state index in [2.05, 4.69) is 53.1 Å². The molecule has 0 spiro atoms. The van der Waals surface area contributed by atoms with Gasteiger partial charge in [0.25, 0.3) is 0 Å². The zero-order valence-corrected chi connectivity index (χ0v) is 16.0. The monoisotopic (exact) mass is 366 g/mol. The summed E-state index contributed by atoms with van der Waals surface area (Å²) in [6.45, 7) is 4.05. The van der Waals surface area contributed by atoms with Crippen molar-refractivity contribution in [1.29, 1.82) is 0 Å². The SMILES string of the molecule is CCCCCCCCN=c1ccn(Cc2ccc(Cl)cc2)cc1.Cl. The van der Waals surface area contributed by atoms with Crippen LogP contribution in [0.25, 0.3) is 0 Å². The predicted molar refractivity (Wildman–Crippen MR) is 106 cm³/mol. The van der Waals surface area contributed by atoms with Crippen LogP contribution >= 0.6 is 24.0 Å². The molecular formula is C20H28Cl2N2. The maximum absolute atomic E-state index is 5.91. The van der Waals surface area contributed by atoms with E-state index < -0.39 is 0 Å². The number of halogens is 2. The van der Waals surface area contributed by atoms with Gasteiger partial charge in [-0.15, -0.1) is 12.4 Å². The quantitative estimate of drug-likeness (QED) is 0.493. The van der Waals surface area contributed by atoms with Gasteiger partial charge in [0.05, 0.1) is 5.36 Å². The predicted octanol–water partition coefficient (Wildman–Crippen LogP) is 5.87.